The van der Waals surface area contributed by atoms with Crippen LogP contribution >= 0.6 is 0 Å². The lowest BCUT2D eigenvalue weighted by Gasteiger charge is -2.36. The Morgan fingerprint density at radius 3 is 3.09 bits per heavy atom. The van der Waals surface area contributed by atoms with Gasteiger partial charge in [-0.15, -0.1) is 0 Å². The number of ether oxygens (including phenoxy) is 1. The molecule has 1 aromatic carbocycles. The monoisotopic (exact) mass is 321 g/mol. The van der Waals surface area contributed by atoms with Gasteiger partial charge in [0, 0.05) is 43.3 Å². The number of halogens is 1. The van der Waals surface area contributed by atoms with Crippen molar-refractivity contribution in [3.63, 3.8) is 0 Å². The molecule has 6 nitrogen and oxygen atoms in total. The largest absolute Gasteiger partial charge is 0.371 e. The zero-order valence-corrected chi connectivity index (χ0v) is 12.8. The Balaban J connectivity index is 1.52. The molecular weight excluding hydrogens is 301 g/mol. The van der Waals surface area contributed by atoms with Crippen molar-refractivity contribution in [1.29, 1.82) is 0 Å². The first kappa shape index (κ1) is 15.0. The van der Waals surface area contributed by atoms with Gasteiger partial charge in [-0.2, -0.15) is 0 Å². The summed E-state index contributed by atoms with van der Waals surface area (Å²) >= 11 is 0. The van der Waals surface area contributed by atoms with E-state index in [1.165, 1.54) is 6.07 Å². The van der Waals surface area contributed by atoms with E-state index in [4.69, 9.17) is 9.94 Å². The molecular formula is C16H20FN3O3. The molecule has 124 valence electrons. The molecule has 3 N–H and O–H groups in total. The van der Waals surface area contributed by atoms with Crippen LogP contribution in [-0.4, -0.2) is 53.9 Å². The number of fused-ring (bicyclic) bond motifs is 3. The number of carbonyl (C=O) groups excluding carboxylic acids is 1. The number of nitrogens with zero attached hydrogens (tertiary/aromatic N) is 1. The summed E-state index contributed by atoms with van der Waals surface area (Å²) in [6, 6.07) is 3.31. The third kappa shape index (κ3) is 2.63. The van der Waals surface area contributed by atoms with Crippen molar-refractivity contribution >= 4 is 5.91 Å². The number of amides is 1. The molecule has 7 heteroatoms. The molecule has 0 radical (unpaired) electrons. The second-order valence-electron chi connectivity index (χ2n) is 6.77. The number of hydrogen-bond acceptors (Lipinski definition) is 5. The molecule has 0 unspecified atom stereocenters. The summed E-state index contributed by atoms with van der Waals surface area (Å²) < 4.78 is 20.3. The van der Waals surface area contributed by atoms with Crippen molar-refractivity contribution in [3.8, 4) is 0 Å². The molecule has 0 aliphatic carbocycles. The maximum Gasteiger partial charge on any atom is 0.274 e. The van der Waals surface area contributed by atoms with Crippen LogP contribution in [0.1, 0.15) is 27.9 Å². The molecule has 4 rings (SSSR count). The van der Waals surface area contributed by atoms with Crippen LogP contribution in [0.3, 0.4) is 0 Å². The van der Waals surface area contributed by atoms with E-state index in [2.05, 4.69) is 10.2 Å². The van der Waals surface area contributed by atoms with Crippen LogP contribution in [0.25, 0.3) is 0 Å². The Hall–Kier alpha value is -1.54. The number of hydrogen-bond donors (Lipinski definition) is 3. The predicted molar refractivity (Wildman–Crippen MR) is 79.7 cm³/mol. The van der Waals surface area contributed by atoms with Crippen LogP contribution in [0.15, 0.2) is 12.1 Å². The highest BCUT2D eigenvalue weighted by Gasteiger charge is 2.47. The SMILES string of the molecule is O=C(NO)c1cc(F)c2c(c1)CCN(C[C@@]13CN[C@@H](CO1)C3)C2. The van der Waals surface area contributed by atoms with Gasteiger partial charge >= 0.3 is 0 Å². The molecule has 2 atom stereocenters. The lowest BCUT2D eigenvalue weighted by molar-refractivity contribution is -0.0325. The number of benzene rings is 1. The van der Waals surface area contributed by atoms with Crippen molar-refractivity contribution in [2.75, 3.05) is 26.2 Å². The average molecular weight is 321 g/mol. The molecule has 23 heavy (non-hydrogen) atoms. The molecule has 3 aliphatic rings. The Morgan fingerprint density at radius 2 is 2.43 bits per heavy atom. The van der Waals surface area contributed by atoms with Crippen LogP contribution in [0, 0.1) is 5.82 Å². The van der Waals surface area contributed by atoms with Crippen molar-refractivity contribution in [3.05, 3.63) is 34.6 Å². The minimum Gasteiger partial charge on any atom is -0.371 e. The minimum atomic E-state index is -0.685. The van der Waals surface area contributed by atoms with E-state index in [0.29, 0.717) is 24.6 Å². The number of morpholine rings is 1. The van der Waals surface area contributed by atoms with Crippen molar-refractivity contribution in [2.45, 2.75) is 31.0 Å². The first-order valence-electron chi connectivity index (χ1n) is 7.94. The summed E-state index contributed by atoms with van der Waals surface area (Å²) in [5.74, 6) is -1.08. The molecule has 0 aromatic heterocycles. The molecule has 3 heterocycles. The van der Waals surface area contributed by atoms with Crippen molar-refractivity contribution in [2.24, 2.45) is 0 Å². The van der Waals surface area contributed by atoms with Gasteiger partial charge in [-0.1, -0.05) is 0 Å². The second-order valence-corrected chi connectivity index (χ2v) is 6.77. The Morgan fingerprint density at radius 1 is 1.57 bits per heavy atom. The molecule has 3 aliphatic heterocycles. The standard InChI is InChI=1S/C16H20FN3O3/c17-14-4-11(15(21)19-22)3-10-1-2-20(6-13(10)14)9-16-5-12(7-23-16)18-8-16/h3-4,12,18,22H,1-2,5-9H2,(H,19,21)/t12-,16-/m1/s1. The van der Waals surface area contributed by atoms with E-state index in [-0.39, 0.29) is 11.2 Å². The zero-order valence-electron chi connectivity index (χ0n) is 12.8. The third-order valence-electron chi connectivity index (χ3n) is 5.16. The topological polar surface area (TPSA) is 73.8 Å². The number of nitrogens with one attached hydrogen (secondary N) is 2. The fourth-order valence-electron chi connectivity index (χ4n) is 4.01. The smallest absolute Gasteiger partial charge is 0.274 e. The molecule has 0 spiro atoms. The summed E-state index contributed by atoms with van der Waals surface area (Å²) in [5.41, 5.74) is 3.05. The number of hydroxylamine groups is 1. The van der Waals surface area contributed by atoms with Gasteiger partial charge in [-0.25, -0.2) is 9.87 Å². The first-order valence-corrected chi connectivity index (χ1v) is 7.94. The van der Waals surface area contributed by atoms with Crippen molar-refractivity contribution < 1.29 is 19.1 Å². The highest BCUT2D eigenvalue weighted by atomic mass is 19.1. The predicted octanol–water partition coefficient (Wildman–Crippen LogP) is 0.434. The highest BCUT2D eigenvalue weighted by Crippen LogP contribution is 2.33. The van der Waals surface area contributed by atoms with Crippen molar-refractivity contribution in [1.82, 2.24) is 15.7 Å². The minimum absolute atomic E-state index is 0.130. The lowest BCUT2D eigenvalue weighted by atomic mass is 9.94. The summed E-state index contributed by atoms with van der Waals surface area (Å²) in [4.78, 5) is 13.7. The van der Waals surface area contributed by atoms with Gasteiger partial charge in [0.15, 0.2) is 0 Å². The Kier molecular flexibility index (Phi) is 3.60. The third-order valence-corrected chi connectivity index (χ3v) is 5.16. The van der Waals surface area contributed by atoms with Gasteiger partial charge in [0.25, 0.3) is 5.91 Å². The maximum atomic E-state index is 14.4. The summed E-state index contributed by atoms with van der Waals surface area (Å²) in [7, 11) is 0. The van der Waals surface area contributed by atoms with E-state index in [9.17, 15) is 9.18 Å². The van der Waals surface area contributed by atoms with Gasteiger partial charge in [0.05, 0.1) is 12.2 Å². The summed E-state index contributed by atoms with van der Waals surface area (Å²) in [5, 5.41) is 12.1. The second kappa shape index (κ2) is 5.52. The number of rotatable bonds is 3. The van der Waals surface area contributed by atoms with E-state index >= 15 is 0 Å². The molecule has 2 fully saturated rings. The summed E-state index contributed by atoms with van der Waals surface area (Å²) in [6.07, 6.45) is 1.71. The molecule has 1 aromatic rings. The molecule has 2 bridgehead atoms. The molecule has 0 saturated carbocycles. The molecule has 2 saturated heterocycles. The zero-order chi connectivity index (χ0) is 16.0. The maximum absolute atomic E-state index is 14.4. The van der Waals surface area contributed by atoms with Gasteiger partial charge in [0.1, 0.15) is 5.82 Å². The van der Waals surface area contributed by atoms with Gasteiger partial charge in [-0.3, -0.25) is 14.9 Å². The molecule has 1 amide bonds. The van der Waals surface area contributed by atoms with Crippen LogP contribution in [0.5, 0.6) is 0 Å². The summed E-state index contributed by atoms with van der Waals surface area (Å²) in [6.45, 7) is 3.76. The normalized spacial score (nSPS) is 29.6. The van der Waals surface area contributed by atoms with E-state index in [1.54, 1.807) is 11.5 Å². The van der Waals surface area contributed by atoms with Crippen LogP contribution < -0.4 is 10.8 Å². The van der Waals surface area contributed by atoms with Crippen LogP contribution in [0.2, 0.25) is 0 Å². The van der Waals surface area contributed by atoms with Gasteiger partial charge in [-0.05, 0) is 30.5 Å². The first-order chi connectivity index (χ1) is 11.1. The lowest BCUT2D eigenvalue weighted by Crippen LogP contribution is -2.49. The number of carbonyl (C=O) groups is 1. The van der Waals surface area contributed by atoms with Gasteiger partial charge in [0.2, 0.25) is 0 Å². The quantitative estimate of drug-likeness (QED) is 0.556. The van der Waals surface area contributed by atoms with E-state index in [1.807, 2.05) is 0 Å². The van der Waals surface area contributed by atoms with Gasteiger partial charge < -0.3 is 10.1 Å². The fraction of sp³-hybridized carbons (Fsp3) is 0.562. The van der Waals surface area contributed by atoms with E-state index < -0.39 is 11.7 Å². The Bertz CT molecular complexity index is 644. The Labute approximate surface area is 133 Å². The van der Waals surface area contributed by atoms with E-state index in [0.717, 1.165) is 38.2 Å². The van der Waals surface area contributed by atoms with Crippen LogP contribution in [0.4, 0.5) is 4.39 Å². The fourth-order valence-corrected chi connectivity index (χ4v) is 4.01. The van der Waals surface area contributed by atoms with Crippen LogP contribution in [-0.2, 0) is 17.7 Å². The highest BCUT2D eigenvalue weighted by molar-refractivity contribution is 5.93. The average Bonchev–Trinajstić information content (AvgIpc) is 3.14.